The Bertz CT molecular complexity index is 876. The summed E-state index contributed by atoms with van der Waals surface area (Å²) in [6.45, 7) is 0.591. The molecule has 0 aliphatic carbocycles. The number of aryl methyl sites for hydroxylation is 1. The van der Waals surface area contributed by atoms with E-state index in [1.165, 1.54) is 11.8 Å². The van der Waals surface area contributed by atoms with Gasteiger partial charge in [-0.1, -0.05) is 42.5 Å². The van der Waals surface area contributed by atoms with Gasteiger partial charge < -0.3 is 20.6 Å². The molecule has 0 spiro atoms. The number of aromatic hydroxyl groups is 1. The van der Waals surface area contributed by atoms with Crippen LogP contribution in [-0.4, -0.2) is 22.5 Å². The number of phenols is 1. The highest BCUT2D eigenvalue weighted by Crippen LogP contribution is 2.18. The Hall–Kier alpha value is -3.12. The molecule has 4 N–H and O–H groups in total. The highest BCUT2D eigenvalue weighted by atomic mass is 16.3. The van der Waals surface area contributed by atoms with Crippen LogP contribution in [-0.2, 0) is 12.8 Å². The number of phenolic OH excluding ortho intramolecular Hbond substituents is 1. The Balaban J connectivity index is 1.42. The predicted molar refractivity (Wildman–Crippen MR) is 107 cm³/mol. The lowest BCUT2D eigenvalue weighted by Crippen LogP contribution is -2.25. The van der Waals surface area contributed by atoms with Gasteiger partial charge in [-0.15, -0.1) is 0 Å². The minimum atomic E-state index is -0.461. The molecule has 1 atom stereocenters. The Morgan fingerprint density at radius 2 is 1.82 bits per heavy atom. The number of oxazole rings is 1. The molecule has 1 unspecified atom stereocenters. The quantitative estimate of drug-likeness (QED) is 0.495. The molecule has 0 saturated carbocycles. The van der Waals surface area contributed by atoms with E-state index in [1.54, 1.807) is 24.3 Å². The first kappa shape index (κ1) is 19.6. The van der Waals surface area contributed by atoms with Crippen molar-refractivity contribution in [3.63, 3.8) is 0 Å². The van der Waals surface area contributed by atoms with E-state index in [9.17, 15) is 9.90 Å². The Morgan fingerprint density at radius 3 is 2.57 bits per heavy atom. The zero-order valence-corrected chi connectivity index (χ0v) is 15.7. The number of amides is 1. The number of carbonyl (C=O) groups is 1. The van der Waals surface area contributed by atoms with E-state index in [2.05, 4.69) is 22.4 Å². The smallest absolute Gasteiger partial charge is 0.273 e. The highest BCUT2D eigenvalue weighted by Gasteiger charge is 2.17. The van der Waals surface area contributed by atoms with Crippen LogP contribution in [0.2, 0.25) is 0 Å². The molecule has 0 saturated heterocycles. The molecule has 1 amide bonds. The Morgan fingerprint density at radius 1 is 1.07 bits per heavy atom. The summed E-state index contributed by atoms with van der Waals surface area (Å²) in [5.41, 5.74) is 8.61. The second-order valence-electron chi connectivity index (χ2n) is 6.75. The van der Waals surface area contributed by atoms with Crippen molar-refractivity contribution >= 4 is 5.91 Å². The van der Waals surface area contributed by atoms with E-state index in [4.69, 9.17) is 10.2 Å². The molecular weight excluding hydrogens is 354 g/mol. The van der Waals surface area contributed by atoms with Crippen molar-refractivity contribution in [2.24, 2.45) is 5.73 Å². The molecule has 1 aromatic heterocycles. The molecule has 146 valence electrons. The van der Waals surface area contributed by atoms with Gasteiger partial charge >= 0.3 is 0 Å². The van der Waals surface area contributed by atoms with Gasteiger partial charge in [0.2, 0.25) is 5.89 Å². The van der Waals surface area contributed by atoms with Crippen molar-refractivity contribution in [3.8, 4) is 5.75 Å². The third-order valence-corrected chi connectivity index (χ3v) is 4.48. The van der Waals surface area contributed by atoms with Crippen molar-refractivity contribution in [1.29, 1.82) is 0 Å². The van der Waals surface area contributed by atoms with Gasteiger partial charge in [0.05, 0.1) is 6.04 Å². The van der Waals surface area contributed by atoms with Crippen LogP contribution in [0.15, 0.2) is 65.3 Å². The number of nitrogens with zero attached hydrogens (tertiary/aromatic N) is 1. The summed E-state index contributed by atoms with van der Waals surface area (Å²) in [5.74, 6) is 0.269. The van der Waals surface area contributed by atoms with E-state index in [1.807, 2.05) is 18.2 Å². The summed E-state index contributed by atoms with van der Waals surface area (Å²) in [7, 11) is 0. The molecule has 0 bridgehead atoms. The molecule has 3 rings (SSSR count). The summed E-state index contributed by atoms with van der Waals surface area (Å²) >= 11 is 0. The Kier molecular flexibility index (Phi) is 6.81. The number of rotatable bonds is 9. The molecule has 3 aromatic rings. The monoisotopic (exact) mass is 379 g/mol. The van der Waals surface area contributed by atoms with Crippen LogP contribution in [0.5, 0.6) is 5.75 Å². The molecule has 0 radical (unpaired) electrons. The van der Waals surface area contributed by atoms with Gasteiger partial charge in [0, 0.05) is 6.54 Å². The maximum atomic E-state index is 12.2. The van der Waals surface area contributed by atoms with Gasteiger partial charge in [-0.2, -0.15) is 0 Å². The van der Waals surface area contributed by atoms with Crippen LogP contribution < -0.4 is 11.1 Å². The average molecular weight is 379 g/mol. The first-order valence-electron chi connectivity index (χ1n) is 9.43. The number of nitrogens with two attached hydrogens (primary N) is 1. The minimum Gasteiger partial charge on any atom is -0.508 e. The van der Waals surface area contributed by atoms with Crippen LogP contribution in [0, 0.1) is 0 Å². The van der Waals surface area contributed by atoms with Crippen LogP contribution in [0.1, 0.15) is 46.4 Å². The maximum absolute atomic E-state index is 12.2. The lowest BCUT2D eigenvalue weighted by molar-refractivity contribution is 0.0948. The molecule has 6 nitrogen and oxygen atoms in total. The third-order valence-electron chi connectivity index (χ3n) is 4.48. The number of unbranched alkanes of at least 4 members (excludes halogenated alkanes) is 1. The topological polar surface area (TPSA) is 101 Å². The summed E-state index contributed by atoms with van der Waals surface area (Å²) in [4.78, 5) is 16.4. The van der Waals surface area contributed by atoms with Gasteiger partial charge in [-0.3, -0.25) is 4.79 Å². The Labute approximate surface area is 164 Å². The second kappa shape index (κ2) is 9.71. The van der Waals surface area contributed by atoms with Crippen molar-refractivity contribution in [2.45, 2.75) is 31.7 Å². The van der Waals surface area contributed by atoms with Crippen LogP contribution in [0.25, 0.3) is 0 Å². The van der Waals surface area contributed by atoms with E-state index >= 15 is 0 Å². The number of nitrogens with one attached hydrogen (secondary N) is 1. The van der Waals surface area contributed by atoms with Crippen LogP contribution >= 0.6 is 0 Å². The summed E-state index contributed by atoms with van der Waals surface area (Å²) in [5, 5.41) is 12.2. The molecule has 0 fully saturated rings. The molecule has 2 aromatic carbocycles. The predicted octanol–water partition coefficient (Wildman–Crippen LogP) is 3.38. The fourth-order valence-electron chi connectivity index (χ4n) is 2.93. The zero-order valence-electron chi connectivity index (χ0n) is 15.7. The first-order chi connectivity index (χ1) is 13.6. The van der Waals surface area contributed by atoms with Gasteiger partial charge in [0.15, 0.2) is 5.69 Å². The van der Waals surface area contributed by atoms with Crippen LogP contribution in [0.4, 0.5) is 0 Å². The molecular formula is C22H25N3O3. The summed E-state index contributed by atoms with van der Waals surface area (Å²) in [6.07, 6.45) is 4.74. The number of aromatic nitrogens is 1. The average Bonchev–Trinajstić information content (AvgIpc) is 3.21. The van der Waals surface area contributed by atoms with Crippen molar-refractivity contribution in [1.82, 2.24) is 10.3 Å². The van der Waals surface area contributed by atoms with E-state index < -0.39 is 6.04 Å². The van der Waals surface area contributed by atoms with E-state index in [-0.39, 0.29) is 17.4 Å². The normalized spacial score (nSPS) is 11.9. The minimum absolute atomic E-state index is 0.205. The van der Waals surface area contributed by atoms with E-state index in [0.717, 1.165) is 24.8 Å². The van der Waals surface area contributed by atoms with Gasteiger partial charge in [-0.05, 0) is 48.9 Å². The first-order valence-corrected chi connectivity index (χ1v) is 9.43. The molecule has 6 heteroatoms. The van der Waals surface area contributed by atoms with Crippen molar-refractivity contribution in [3.05, 3.63) is 83.6 Å². The zero-order chi connectivity index (χ0) is 19.8. The fraction of sp³-hybridized carbons (Fsp3) is 0.273. The summed E-state index contributed by atoms with van der Waals surface area (Å²) < 4.78 is 5.38. The largest absolute Gasteiger partial charge is 0.508 e. The molecule has 1 heterocycles. The lowest BCUT2D eigenvalue weighted by atomic mass is 10.1. The SMILES string of the molecule is NC(Cc1ccc(O)cc1)c1nc(C(=O)NCCCCc2ccccc2)co1. The molecule has 0 aliphatic rings. The van der Waals surface area contributed by atoms with Crippen LogP contribution in [0.3, 0.4) is 0 Å². The van der Waals surface area contributed by atoms with Crippen molar-refractivity contribution < 1.29 is 14.3 Å². The highest BCUT2D eigenvalue weighted by molar-refractivity contribution is 5.91. The van der Waals surface area contributed by atoms with E-state index in [0.29, 0.717) is 18.9 Å². The fourth-order valence-corrected chi connectivity index (χ4v) is 2.93. The number of carbonyl (C=O) groups excluding carboxylic acids is 1. The summed E-state index contributed by atoms with van der Waals surface area (Å²) in [6, 6.07) is 16.6. The number of benzene rings is 2. The molecule has 0 aliphatic heterocycles. The van der Waals surface area contributed by atoms with Crippen molar-refractivity contribution in [2.75, 3.05) is 6.54 Å². The maximum Gasteiger partial charge on any atom is 0.273 e. The lowest BCUT2D eigenvalue weighted by Gasteiger charge is -2.07. The molecule has 28 heavy (non-hydrogen) atoms. The van der Waals surface area contributed by atoms with Gasteiger partial charge in [0.25, 0.3) is 5.91 Å². The number of hydrogen-bond donors (Lipinski definition) is 3. The number of hydrogen-bond acceptors (Lipinski definition) is 5. The second-order valence-corrected chi connectivity index (χ2v) is 6.75. The third kappa shape index (κ3) is 5.69. The van der Waals surface area contributed by atoms with Gasteiger partial charge in [0.1, 0.15) is 12.0 Å². The van der Waals surface area contributed by atoms with Gasteiger partial charge in [-0.25, -0.2) is 4.98 Å². The standard InChI is InChI=1S/C22H25N3O3/c23-19(14-17-9-11-18(26)12-10-17)22-25-20(15-28-22)21(27)24-13-5-4-8-16-6-2-1-3-7-16/h1-3,6-7,9-12,15,19,26H,4-5,8,13-14,23H2,(H,24,27).